The molecule has 7 heteroatoms. The molecule has 0 aliphatic carbocycles. The van der Waals surface area contributed by atoms with E-state index in [-0.39, 0.29) is 5.69 Å². The SMILES string of the molecule is CCn1cc(N)c(C(=O)Nc2cc(F)c(Br)cc2C)n1. The van der Waals surface area contributed by atoms with Gasteiger partial charge in [0.2, 0.25) is 0 Å². The Morgan fingerprint density at radius 1 is 1.55 bits per heavy atom. The smallest absolute Gasteiger partial charge is 0.278 e. The fraction of sp³-hybridized carbons (Fsp3) is 0.231. The van der Waals surface area contributed by atoms with Gasteiger partial charge in [-0.1, -0.05) is 0 Å². The van der Waals surface area contributed by atoms with E-state index in [1.807, 2.05) is 6.92 Å². The third-order valence-corrected chi connectivity index (χ3v) is 3.45. The molecule has 0 fully saturated rings. The zero-order chi connectivity index (χ0) is 14.9. The highest BCUT2D eigenvalue weighted by Gasteiger charge is 2.16. The van der Waals surface area contributed by atoms with Crippen molar-refractivity contribution in [2.45, 2.75) is 20.4 Å². The van der Waals surface area contributed by atoms with Crippen molar-refractivity contribution in [2.24, 2.45) is 0 Å². The molecule has 0 aliphatic rings. The van der Waals surface area contributed by atoms with E-state index >= 15 is 0 Å². The molecule has 20 heavy (non-hydrogen) atoms. The summed E-state index contributed by atoms with van der Waals surface area (Å²) < 4.78 is 15.4. The van der Waals surface area contributed by atoms with Gasteiger partial charge < -0.3 is 11.1 Å². The van der Waals surface area contributed by atoms with Crippen molar-refractivity contribution < 1.29 is 9.18 Å². The topological polar surface area (TPSA) is 72.9 Å². The van der Waals surface area contributed by atoms with E-state index in [0.29, 0.717) is 22.4 Å². The molecule has 0 unspecified atom stereocenters. The number of benzene rings is 1. The number of hydrogen-bond acceptors (Lipinski definition) is 3. The maximum Gasteiger partial charge on any atom is 0.278 e. The second-order valence-corrected chi connectivity index (χ2v) is 5.18. The minimum Gasteiger partial charge on any atom is -0.396 e. The van der Waals surface area contributed by atoms with E-state index in [4.69, 9.17) is 5.73 Å². The summed E-state index contributed by atoms with van der Waals surface area (Å²) >= 11 is 3.09. The third-order valence-electron chi connectivity index (χ3n) is 2.84. The monoisotopic (exact) mass is 340 g/mol. The summed E-state index contributed by atoms with van der Waals surface area (Å²) in [6.45, 7) is 4.28. The Labute approximate surface area is 124 Å². The standard InChI is InChI=1S/C13H14BrFN4O/c1-3-19-6-10(16)12(18-19)13(20)17-11-5-9(15)8(14)4-7(11)2/h4-6H,3,16H2,1-2H3,(H,17,20). The predicted octanol–water partition coefficient (Wildman–Crippen LogP) is 2.95. The van der Waals surface area contributed by atoms with E-state index in [1.54, 1.807) is 23.9 Å². The van der Waals surface area contributed by atoms with Gasteiger partial charge in [0.15, 0.2) is 5.69 Å². The van der Waals surface area contributed by atoms with Crippen molar-refractivity contribution in [3.63, 3.8) is 0 Å². The third kappa shape index (κ3) is 2.82. The van der Waals surface area contributed by atoms with Crippen LogP contribution in [0, 0.1) is 12.7 Å². The molecular formula is C13H14BrFN4O. The Kier molecular flexibility index (Phi) is 4.08. The Morgan fingerprint density at radius 2 is 2.25 bits per heavy atom. The number of nitrogens with two attached hydrogens (primary N) is 1. The lowest BCUT2D eigenvalue weighted by molar-refractivity contribution is 0.102. The molecule has 2 rings (SSSR count). The maximum absolute atomic E-state index is 13.5. The number of aromatic nitrogens is 2. The average Bonchev–Trinajstić information content (AvgIpc) is 2.77. The van der Waals surface area contributed by atoms with E-state index in [2.05, 4.69) is 26.3 Å². The molecule has 1 aromatic heterocycles. The Balaban J connectivity index is 2.27. The second-order valence-electron chi connectivity index (χ2n) is 4.32. The lowest BCUT2D eigenvalue weighted by atomic mass is 10.2. The fourth-order valence-electron chi connectivity index (χ4n) is 1.74. The number of rotatable bonds is 3. The van der Waals surface area contributed by atoms with Crippen LogP contribution in [0.25, 0.3) is 0 Å². The van der Waals surface area contributed by atoms with Gasteiger partial charge in [0, 0.05) is 18.4 Å². The number of nitrogen functional groups attached to an aromatic ring is 1. The quantitative estimate of drug-likeness (QED) is 0.902. The zero-order valence-corrected chi connectivity index (χ0v) is 12.7. The Bertz CT molecular complexity index is 669. The van der Waals surface area contributed by atoms with Crippen LogP contribution in [0.4, 0.5) is 15.8 Å². The first kappa shape index (κ1) is 14.5. The van der Waals surface area contributed by atoms with Gasteiger partial charge in [0.25, 0.3) is 5.91 Å². The first-order valence-electron chi connectivity index (χ1n) is 6.02. The number of halogens is 2. The number of carbonyl (C=O) groups excluding carboxylic acids is 1. The first-order chi connectivity index (χ1) is 9.42. The normalized spacial score (nSPS) is 10.6. The van der Waals surface area contributed by atoms with E-state index in [9.17, 15) is 9.18 Å². The zero-order valence-electron chi connectivity index (χ0n) is 11.1. The molecule has 0 radical (unpaired) electrons. The molecule has 0 saturated heterocycles. The molecule has 5 nitrogen and oxygen atoms in total. The predicted molar refractivity (Wildman–Crippen MR) is 79.1 cm³/mol. The van der Waals surface area contributed by atoms with Crippen LogP contribution in [-0.2, 0) is 6.54 Å². The Hall–Kier alpha value is -1.89. The van der Waals surface area contributed by atoms with Gasteiger partial charge in [-0.2, -0.15) is 5.10 Å². The highest BCUT2D eigenvalue weighted by Crippen LogP contribution is 2.24. The van der Waals surface area contributed by atoms with Gasteiger partial charge in [0.1, 0.15) is 5.82 Å². The van der Waals surface area contributed by atoms with Crippen molar-refractivity contribution in [2.75, 3.05) is 11.1 Å². The van der Waals surface area contributed by atoms with Crippen LogP contribution in [0.1, 0.15) is 23.0 Å². The summed E-state index contributed by atoms with van der Waals surface area (Å²) in [6, 6.07) is 2.85. The molecular weight excluding hydrogens is 327 g/mol. The molecule has 2 aromatic rings. The lowest BCUT2D eigenvalue weighted by Crippen LogP contribution is -2.15. The van der Waals surface area contributed by atoms with Crippen LogP contribution in [0.15, 0.2) is 22.8 Å². The van der Waals surface area contributed by atoms with Crippen LogP contribution >= 0.6 is 15.9 Å². The van der Waals surface area contributed by atoms with Gasteiger partial charge in [-0.3, -0.25) is 9.48 Å². The largest absolute Gasteiger partial charge is 0.396 e. The maximum atomic E-state index is 13.5. The van der Waals surface area contributed by atoms with Crippen LogP contribution in [0.5, 0.6) is 0 Å². The molecule has 106 valence electrons. The number of amides is 1. The van der Waals surface area contributed by atoms with Gasteiger partial charge in [-0.15, -0.1) is 0 Å². The lowest BCUT2D eigenvalue weighted by Gasteiger charge is -2.08. The van der Waals surface area contributed by atoms with Crippen molar-refractivity contribution in [3.8, 4) is 0 Å². The fourth-order valence-corrected chi connectivity index (χ4v) is 2.20. The van der Waals surface area contributed by atoms with Crippen LogP contribution in [0.2, 0.25) is 0 Å². The van der Waals surface area contributed by atoms with Crippen molar-refractivity contribution >= 4 is 33.2 Å². The molecule has 1 amide bonds. The summed E-state index contributed by atoms with van der Waals surface area (Å²) in [4.78, 5) is 12.1. The molecule has 3 N–H and O–H groups in total. The van der Waals surface area contributed by atoms with Crippen molar-refractivity contribution in [3.05, 3.63) is 39.9 Å². The van der Waals surface area contributed by atoms with Gasteiger partial charge >= 0.3 is 0 Å². The number of carbonyl (C=O) groups is 1. The summed E-state index contributed by atoms with van der Waals surface area (Å²) in [7, 11) is 0. The van der Waals surface area contributed by atoms with Crippen LogP contribution in [0.3, 0.4) is 0 Å². The number of hydrogen-bond donors (Lipinski definition) is 2. The molecule has 0 spiro atoms. The number of nitrogens with one attached hydrogen (secondary N) is 1. The summed E-state index contributed by atoms with van der Waals surface area (Å²) in [6.07, 6.45) is 1.59. The van der Waals surface area contributed by atoms with E-state index in [0.717, 1.165) is 5.56 Å². The summed E-state index contributed by atoms with van der Waals surface area (Å²) in [5.74, 6) is -0.905. The number of aryl methyl sites for hydroxylation is 2. The molecule has 0 aliphatic heterocycles. The minimum atomic E-state index is -0.459. The molecule has 0 saturated carbocycles. The highest BCUT2D eigenvalue weighted by atomic mass is 79.9. The number of anilines is 2. The molecule has 0 atom stereocenters. The van der Waals surface area contributed by atoms with Crippen molar-refractivity contribution in [1.29, 1.82) is 0 Å². The van der Waals surface area contributed by atoms with Gasteiger partial charge in [0.05, 0.1) is 10.2 Å². The first-order valence-corrected chi connectivity index (χ1v) is 6.81. The summed E-state index contributed by atoms with van der Waals surface area (Å²) in [5, 5.41) is 6.69. The average molecular weight is 341 g/mol. The molecule has 0 bridgehead atoms. The summed E-state index contributed by atoms with van der Waals surface area (Å²) in [5.41, 5.74) is 7.29. The number of nitrogens with zero attached hydrogens (tertiary/aromatic N) is 2. The Morgan fingerprint density at radius 3 is 2.85 bits per heavy atom. The van der Waals surface area contributed by atoms with Crippen molar-refractivity contribution in [1.82, 2.24) is 9.78 Å². The van der Waals surface area contributed by atoms with Gasteiger partial charge in [-0.05, 0) is 47.5 Å². The van der Waals surface area contributed by atoms with E-state index in [1.165, 1.54) is 6.07 Å². The minimum absolute atomic E-state index is 0.134. The molecule has 1 heterocycles. The van der Waals surface area contributed by atoms with Crippen LogP contribution in [-0.4, -0.2) is 15.7 Å². The molecule has 1 aromatic carbocycles. The van der Waals surface area contributed by atoms with Crippen LogP contribution < -0.4 is 11.1 Å². The highest BCUT2D eigenvalue weighted by molar-refractivity contribution is 9.10. The van der Waals surface area contributed by atoms with Gasteiger partial charge in [-0.25, -0.2) is 4.39 Å². The van der Waals surface area contributed by atoms with E-state index < -0.39 is 11.7 Å². The second kappa shape index (κ2) is 5.62.